The van der Waals surface area contributed by atoms with E-state index in [0.717, 1.165) is 16.0 Å². The zero-order valence-electron chi connectivity index (χ0n) is 14.0. The molecule has 0 aliphatic carbocycles. The maximum absolute atomic E-state index is 13.5. The van der Waals surface area contributed by atoms with Crippen LogP contribution >= 0.6 is 11.3 Å². The summed E-state index contributed by atoms with van der Waals surface area (Å²) in [5, 5.41) is 3.48. The third kappa shape index (κ3) is 3.74. The van der Waals surface area contributed by atoms with Gasteiger partial charge in [0.05, 0.1) is 13.7 Å². The van der Waals surface area contributed by atoms with Crippen LogP contribution < -0.4 is 14.8 Å². The molecule has 0 unspecified atom stereocenters. The topological polar surface area (TPSA) is 47.6 Å². The summed E-state index contributed by atoms with van der Waals surface area (Å²) in [6, 6.07) is 12.0. The fourth-order valence-corrected chi connectivity index (χ4v) is 3.64. The molecule has 1 N–H and O–H groups in total. The molecule has 0 spiro atoms. The number of nitrogens with one attached hydrogen (secondary N) is 1. The van der Waals surface area contributed by atoms with Gasteiger partial charge in [-0.25, -0.2) is 4.39 Å². The van der Waals surface area contributed by atoms with Crippen LogP contribution in [0, 0.1) is 5.82 Å². The molecular weight excluding hydrogens is 341 g/mol. The summed E-state index contributed by atoms with van der Waals surface area (Å²) in [5.74, 6) is 0.563. The Kier molecular flexibility index (Phi) is 5.19. The van der Waals surface area contributed by atoms with Crippen molar-refractivity contribution in [2.45, 2.75) is 13.5 Å². The first-order valence-electron chi connectivity index (χ1n) is 7.88. The van der Waals surface area contributed by atoms with E-state index >= 15 is 0 Å². The molecule has 4 nitrogen and oxygen atoms in total. The lowest BCUT2D eigenvalue weighted by Gasteiger charge is -2.08. The molecule has 0 saturated carbocycles. The van der Waals surface area contributed by atoms with Crippen molar-refractivity contribution in [3.05, 3.63) is 58.7 Å². The number of hydrogen-bond donors (Lipinski definition) is 1. The van der Waals surface area contributed by atoms with Gasteiger partial charge in [0.2, 0.25) is 0 Å². The highest BCUT2D eigenvalue weighted by atomic mass is 32.1. The average Bonchev–Trinajstić information content (AvgIpc) is 2.98. The Hall–Kier alpha value is -2.60. The third-order valence-corrected chi connectivity index (χ3v) is 4.83. The van der Waals surface area contributed by atoms with Crippen LogP contribution in [0.1, 0.15) is 22.2 Å². The van der Waals surface area contributed by atoms with Crippen molar-refractivity contribution in [1.82, 2.24) is 5.32 Å². The van der Waals surface area contributed by atoms with Crippen molar-refractivity contribution < 1.29 is 18.7 Å². The largest absolute Gasteiger partial charge is 0.494 e. The molecule has 0 radical (unpaired) electrons. The Bertz CT molecular complexity index is 907. The standard InChI is InChI=1S/C19H18FNO3S/c1-3-24-14-6-4-5-12(9-14)11-21-19(22)18-17(23-2)15-10-13(20)7-8-16(15)25-18/h4-10H,3,11H2,1-2H3,(H,21,22). The molecule has 0 bridgehead atoms. The van der Waals surface area contributed by atoms with Gasteiger partial charge in [0.25, 0.3) is 5.91 Å². The van der Waals surface area contributed by atoms with Gasteiger partial charge in [-0.1, -0.05) is 12.1 Å². The summed E-state index contributed by atoms with van der Waals surface area (Å²) < 4.78 is 25.1. The molecule has 3 aromatic rings. The molecule has 0 aliphatic rings. The van der Waals surface area contributed by atoms with Gasteiger partial charge in [0.15, 0.2) is 0 Å². The van der Waals surface area contributed by atoms with Crippen LogP contribution in [0.5, 0.6) is 11.5 Å². The Morgan fingerprint density at radius 3 is 2.84 bits per heavy atom. The first-order chi connectivity index (χ1) is 12.1. The van der Waals surface area contributed by atoms with E-state index in [1.807, 2.05) is 31.2 Å². The number of carbonyl (C=O) groups excluding carboxylic acids is 1. The van der Waals surface area contributed by atoms with Crippen LogP contribution in [0.25, 0.3) is 10.1 Å². The molecule has 25 heavy (non-hydrogen) atoms. The molecule has 0 fully saturated rings. The van der Waals surface area contributed by atoms with Crippen LogP contribution in [0.3, 0.4) is 0 Å². The van der Waals surface area contributed by atoms with Crippen LogP contribution in [0.4, 0.5) is 4.39 Å². The third-order valence-electron chi connectivity index (χ3n) is 3.68. The quantitative estimate of drug-likeness (QED) is 0.711. The maximum Gasteiger partial charge on any atom is 0.265 e. The van der Waals surface area contributed by atoms with Gasteiger partial charge >= 0.3 is 0 Å². The van der Waals surface area contributed by atoms with Crippen LogP contribution in [0.15, 0.2) is 42.5 Å². The van der Waals surface area contributed by atoms with E-state index in [2.05, 4.69) is 5.32 Å². The number of thiophene rings is 1. The van der Waals surface area contributed by atoms with E-state index in [0.29, 0.717) is 29.2 Å². The fraction of sp³-hybridized carbons (Fsp3) is 0.211. The monoisotopic (exact) mass is 359 g/mol. The molecule has 0 aliphatic heterocycles. The summed E-state index contributed by atoms with van der Waals surface area (Å²) in [6.07, 6.45) is 0. The molecule has 130 valence electrons. The Morgan fingerprint density at radius 2 is 2.08 bits per heavy atom. The minimum Gasteiger partial charge on any atom is -0.494 e. The number of hydrogen-bond acceptors (Lipinski definition) is 4. The van der Waals surface area contributed by atoms with E-state index in [9.17, 15) is 9.18 Å². The van der Waals surface area contributed by atoms with Gasteiger partial charge < -0.3 is 14.8 Å². The van der Waals surface area contributed by atoms with E-state index in [1.54, 1.807) is 6.07 Å². The number of carbonyl (C=O) groups is 1. The van der Waals surface area contributed by atoms with Crippen LogP contribution in [-0.2, 0) is 6.54 Å². The second kappa shape index (κ2) is 7.53. The number of amides is 1. The Labute approximate surface area is 149 Å². The van der Waals surface area contributed by atoms with E-state index in [-0.39, 0.29) is 11.7 Å². The predicted molar refractivity (Wildman–Crippen MR) is 97.1 cm³/mol. The molecule has 1 heterocycles. The lowest BCUT2D eigenvalue weighted by Crippen LogP contribution is -2.22. The zero-order chi connectivity index (χ0) is 17.8. The average molecular weight is 359 g/mol. The molecular formula is C19H18FNO3S. The van der Waals surface area contributed by atoms with Gasteiger partial charge in [-0.3, -0.25) is 4.79 Å². The van der Waals surface area contributed by atoms with Crippen LogP contribution in [0.2, 0.25) is 0 Å². The maximum atomic E-state index is 13.5. The zero-order valence-corrected chi connectivity index (χ0v) is 14.8. The fourth-order valence-electron chi connectivity index (χ4n) is 2.57. The summed E-state index contributed by atoms with van der Waals surface area (Å²) in [6.45, 7) is 2.88. The highest BCUT2D eigenvalue weighted by Crippen LogP contribution is 2.38. The number of ether oxygens (including phenoxy) is 2. The summed E-state index contributed by atoms with van der Waals surface area (Å²) in [4.78, 5) is 13.0. The lowest BCUT2D eigenvalue weighted by molar-refractivity contribution is 0.0952. The van der Waals surface area contributed by atoms with Gasteiger partial charge in [-0.15, -0.1) is 11.3 Å². The second-order valence-corrected chi connectivity index (χ2v) is 6.42. The number of rotatable bonds is 6. The van der Waals surface area contributed by atoms with Crippen molar-refractivity contribution in [3.63, 3.8) is 0 Å². The normalized spacial score (nSPS) is 10.7. The second-order valence-electron chi connectivity index (χ2n) is 5.37. The van der Waals surface area contributed by atoms with Crippen molar-refractivity contribution in [2.24, 2.45) is 0 Å². The highest BCUT2D eigenvalue weighted by molar-refractivity contribution is 7.21. The van der Waals surface area contributed by atoms with Crippen molar-refractivity contribution in [1.29, 1.82) is 0 Å². The summed E-state index contributed by atoms with van der Waals surface area (Å²) in [7, 11) is 1.48. The van der Waals surface area contributed by atoms with Gasteiger partial charge in [-0.05, 0) is 42.8 Å². The molecule has 1 amide bonds. The van der Waals surface area contributed by atoms with Gasteiger partial charge in [0.1, 0.15) is 22.2 Å². The molecule has 6 heteroatoms. The number of benzene rings is 2. The Balaban J connectivity index is 1.79. The first-order valence-corrected chi connectivity index (χ1v) is 8.70. The smallest absolute Gasteiger partial charge is 0.265 e. The minimum atomic E-state index is -0.358. The molecule has 0 atom stereocenters. The SMILES string of the molecule is CCOc1cccc(CNC(=O)c2sc3ccc(F)cc3c2OC)c1. The molecule has 2 aromatic carbocycles. The predicted octanol–water partition coefficient (Wildman–Crippen LogP) is 4.38. The van der Waals surface area contributed by atoms with Gasteiger partial charge in [-0.2, -0.15) is 0 Å². The number of methoxy groups -OCH3 is 1. The number of fused-ring (bicyclic) bond motifs is 1. The summed E-state index contributed by atoms with van der Waals surface area (Å²) >= 11 is 1.28. The Morgan fingerprint density at radius 1 is 1.24 bits per heavy atom. The molecule has 0 saturated heterocycles. The van der Waals surface area contributed by atoms with E-state index < -0.39 is 0 Å². The van der Waals surface area contributed by atoms with Gasteiger partial charge in [0, 0.05) is 16.6 Å². The highest BCUT2D eigenvalue weighted by Gasteiger charge is 2.19. The van der Waals surface area contributed by atoms with Crippen molar-refractivity contribution in [2.75, 3.05) is 13.7 Å². The molecule has 1 aromatic heterocycles. The minimum absolute atomic E-state index is 0.250. The van der Waals surface area contributed by atoms with E-state index in [1.165, 1.54) is 30.6 Å². The molecule has 3 rings (SSSR count). The summed E-state index contributed by atoms with van der Waals surface area (Å²) in [5.41, 5.74) is 0.936. The van der Waals surface area contributed by atoms with Crippen molar-refractivity contribution in [3.8, 4) is 11.5 Å². The lowest BCUT2D eigenvalue weighted by atomic mass is 10.2. The van der Waals surface area contributed by atoms with Crippen molar-refractivity contribution >= 4 is 27.3 Å². The van der Waals surface area contributed by atoms with Crippen LogP contribution in [-0.4, -0.2) is 19.6 Å². The first kappa shape index (κ1) is 17.2. The number of halogens is 1. The van der Waals surface area contributed by atoms with E-state index in [4.69, 9.17) is 9.47 Å².